The van der Waals surface area contributed by atoms with E-state index in [1.165, 1.54) is 5.56 Å². The summed E-state index contributed by atoms with van der Waals surface area (Å²) in [6, 6.07) is 8.16. The van der Waals surface area contributed by atoms with Crippen molar-refractivity contribution >= 4 is 0 Å². The van der Waals surface area contributed by atoms with E-state index in [4.69, 9.17) is 9.26 Å². The van der Waals surface area contributed by atoms with Crippen molar-refractivity contribution in [1.82, 2.24) is 20.1 Å². The smallest absolute Gasteiger partial charge is 0.264 e. The number of aromatic nitrogens is 4. The fourth-order valence-electron chi connectivity index (χ4n) is 3.05. The van der Waals surface area contributed by atoms with Crippen LogP contribution in [0.4, 0.5) is 0 Å². The lowest BCUT2D eigenvalue weighted by Gasteiger charge is -2.18. The van der Waals surface area contributed by atoms with Crippen LogP contribution in [0.1, 0.15) is 69.1 Å². The third-order valence-corrected chi connectivity index (χ3v) is 4.88. The number of aryl methyl sites for hydroxylation is 1. The Morgan fingerprint density at radius 2 is 1.77 bits per heavy atom. The predicted octanol–water partition coefficient (Wildman–Crippen LogP) is 4.37. The van der Waals surface area contributed by atoms with Crippen LogP contribution in [0, 0.1) is 6.92 Å². The Morgan fingerprint density at radius 1 is 1.07 bits per heavy atom. The third kappa shape index (κ3) is 5.02. The zero-order chi connectivity index (χ0) is 21.9. The minimum Gasteiger partial charge on any atom is -0.467 e. The van der Waals surface area contributed by atoms with Crippen molar-refractivity contribution in [1.29, 1.82) is 0 Å². The van der Waals surface area contributed by atoms with Gasteiger partial charge in [-0.15, -0.1) is 0 Å². The molecule has 0 unspecified atom stereocenters. The molecular weight excluding hydrogens is 380 g/mol. The number of benzene rings is 1. The lowest BCUT2D eigenvalue weighted by Crippen LogP contribution is -2.10. The van der Waals surface area contributed by atoms with Crippen molar-refractivity contribution in [2.24, 2.45) is 0 Å². The van der Waals surface area contributed by atoms with Crippen molar-refractivity contribution in [2.45, 2.75) is 65.9 Å². The normalized spacial score (nSPS) is 11.9. The quantitative estimate of drug-likeness (QED) is 0.618. The maximum Gasteiger partial charge on any atom is 0.264 e. The summed E-state index contributed by atoms with van der Waals surface area (Å²) in [5, 5.41) is 13.5. The lowest BCUT2D eigenvalue weighted by molar-refractivity contribution is 0.229. The largest absolute Gasteiger partial charge is 0.467 e. The molecule has 0 spiro atoms. The van der Waals surface area contributed by atoms with E-state index in [-0.39, 0.29) is 24.5 Å². The van der Waals surface area contributed by atoms with E-state index in [0.717, 1.165) is 16.8 Å². The number of ether oxygens (including phenoxy) is 1. The van der Waals surface area contributed by atoms with Crippen LogP contribution in [0.15, 0.2) is 28.8 Å². The molecule has 0 aliphatic carbocycles. The molecule has 0 saturated heterocycles. The van der Waals surface area contributed by atoms with E-state index >= 15 is 0 Å². The Balaban J connectivity index is 1.77. The Hall–Kier alpha value is -2.80. The van der Waals surface area contributed by atoms with Gasteiger partial charge in [0.1, 0.15) is 5.82 Å². The number of nitrogens with zero attached hydrogens (tertiary/aromatic N) is 4. The average molecular weight is 411 g/mol. The first kappa shape index (κ1) is 21.9. The van der Waals surface area contributed by atoms with Gasteiger partial charge >= 0.3 is 0 Å². The maximum atomic E-state index is 9.38. The molecule has 160 valence electrons. The predicted molar refractivity (Wildman–Crippen MR) is 114 cm³/mol. The molecule has 1 N–H and O–H groups in total. The van der Waals surface area contributed by atoms with Gasteiger partial charge in [-0.3, -0.25) is 0 Å². The molecule has 0 saturated carbocycles. The van der Waals surface area contributed by atoms with Crippen LogP contribution >= 0.6 is 0 Å². The van der Waals surface area contributed by atoms with E-state index in [1.54, 1.807) is 0 Å². The highest BCUT2D eigenvalue weighted by molar-refractivity contribution is 5.55. The SMILES string of the molecule is Cc1nc(C(C)C)nc(OCc2nc(-c3ccc(C(C)(C)C)cc3)no2)c1CCO. The molecule has 7 nitrogen and oxygen atoms in total. The van der Waals surface area contributed by atoms with Crippen molar-refractivity contribution < 1.29 is 14.4 Å². The summed E-state index contributed by atoms with van der Waals surface area (Å²) >= 11 is 0. The van der Waals surface area contributed by atoms with E-state index in [9.17, 15) is 5.11 Å². The minimum absolute atomic E-state index is 0.00312. The van der Waals surface area contributed by atoms with Crippen LogP contribution in [0.2, 0.25) is 0 Å². The summed E-state index contributed by atoms with van der Waals surface area (Å²) in [5.74, 6) is 2.21. The zero-order valence-electron chi connectivity index (χ0n) is 18.6. The summed E-state index contributed by atoms with van der Waals surface area (Å²) in [6.45, 7) is 12.6. The Bertz CT molecular complexity index is 989. The van der Waals surface area contributed by atoms with Crippen LogP contribution in [0.25, 0.3) is 11.4 Å². The molecule has 7 heteroatoms. The van der Waals surface area contributed by atoms with Gasteiger partial charge < -0.3 is 14.4 Å². The van der Waals surface area contributed by atoms with Crippen LogP contribution in [-0.2, 0) is 18.4 Å². The van der Waals surface area contributed by atoms with Gasteiger partial charge in [0.25, 0.3) is 5.89 Å². The fraction of sp³-hybridized carbons (Fsp3) is 0.478. The van der Waals surface area contributed by atoms with Crippen molar-refractivity contribution in [3.05, 3.63) is 52.8 Å². The first-order valence-electron chi connectivity index (χ1n) is 10.2. The minimum atomic E-state index is -0.00312. The zero-order valence-corrected chi connectivity index (χ0v) is 18.6. The van der Waals surface area contributed by atoms with E-state index in [1.807, 2.05) is 32.9 Å². The van der Waals surface area contributed by atoms with Gasteiger partial charge in [0, 0.05) is 35.8 Å². The number of hydrogen-bond acceptors (Lipinski definition) is 7. The number of aliphatic hydroxyl groups is 1. The van der Waals surface area contributed by atoms with E-state index in [2.05, 4.69) is 53.0 Å². The molecule has 30 heavy (non-hydrogen) atoms. The Kier molecular flexibility index (Phi) is 6.51. The van der Waals surface area contributed by atoms with E-state index in [0.29, 0.717) is 29.8 Å². The average Bonchev–Trinajstić information content (AvgIpc) is 3.16. The van der Waals surface area contributed by atoms with Crippen molar-refractivity contribution in [3.63, 3.8) is 0 Å². The fourth-order valence-corrected chi connectivity index (χ4v) is 3.05. The first-order valence-corrected chi connectivity index (χ1v) is 10.2. The van der Waals surface area contributed by atoms with Gasteiger partial charge in [0.15, 0.2) is 6.61 Å². The molecule has 0 aliphatic heterocycles. The molecule has 3 rings (SSSR count). The number of rotatable bonds is 7. The molecular formula is C23H30N4O3. The summed E-state index contributed by atoms with van der Waals surface area (Å²) in [7, 11) is 0. The summed E-state index contributed by atoms with van der Waals surface area (Å²) < 4.78 is 11.3. The second-order valence-corrected chi connectivity index (χ2v) is 8.71. The molecule has 0 bridgehead atoms. The van der Waals surface area contributed by atoms with Gasteiger partial charge in [0.05, 0.1) is 0 Å². The van der Waals surface area contributed by atoms with Gasteiger partial charge in [-0.25, -0.2) is 4.98 Å². The monoisotopic (exact) mass is 410 g/mol. The summed E-state index contributed by atoms with van der Waals surface area (Å²) in [5.41, 5.74) is 3.82. The number of aliphatic hydroxyl groups excluding tert-OH is 1. The molecule has 0 radical (unpaired) electrons. The van der Waals surface area contributed by atoms with Gasteiger partial charge in [0.2, 0.25) is 11.7 Å². The number of hydrogen-bond donors (Lipinski definition) is 1. The molecule has 0 aliphatic rings. The molecule has 0 amide bonds. The lowest BCUT2D eigenvalue weighted by atomic mass is 9.87. The summed E-state index contributed by atoms with van der Waals surface area (Å²) in [6.07, 6.45) is 0.425. The van der Waals surface area contributed by atoms with Gasteiger partial charge in [-0.2, -0.15) is 9.97 Å². The highest BCUT2D eigenvalue weighted by Crippen LogP contribution is 2.26. The van der Waals surface area contributed by atoms with Crippen LogP contribution in [0.5, 0.6) is 5.88 Å². The molecule has 3 aromatic rings. The van der Waals surface area contributed by atoms with Crippen LogP contribution in [-0.4, -0.2) is 31.8 Å². The van der Waals surface area contributed by atoms with E-state index < -0.39 is 0 Å². The second-order valence-electron chi connectivity index (χ2n) is 8.71. The molecule has 2 heterocycles. The molecule has 1 aromatic carbocycles. The first-order chi connectivity index (χ1) is 14.2. The standard InChI is InChI=1S/C23H30N4O3/c1-14(2)20-24-15(3)18(11-12-28)22(26-20)29-13-19-25-21(27-30-19)16-7-9-17(10-8-16)23(4,5)6/h7-10,14,28H,11-13H2,1-6H3. The van der Waals surface area contributed by atoms with Crippen molar-refractivity contribution in [3.8, 4) is 17.3 Å². The topological polar surface area (TPSA) is 94.2 Å². The third-order valence-electron chi connectivity index (χ3n) is 4.88. The molecule has 2 aromatic heterocycles. The van der Waals surface area contributed by atoms with Gasteiger partial charge in [-0.1, -0.05) is 64.0 Å². The maximum absolute atomic E-state index is 9.38. The highest BCUT2D eigenvalue weighted by Gasteiger charge is 2.17. The second kappa shape index (κ2) is 8.92. The van der Waals surface area contributed by atoms with Crippen LogP contribution in [0.3, 0.4) is 0 Å². The highest BCUT2D eigenvalue weighted by atomic mass is 16.5. The molecule has 0 fully saturated rings. The van der Waals surface area contributed by atoms with Gasteiger partial charge in [-0.05, 0) is 17.9 Å². The Labute approximate surface area is 177 Å². The molecule has 0 atom stereocenters. The Morgan fingerprint density at radius 3 is 2.37 bits per heavy atom. The van der Waals surface area contributed by atoms with Crippen LogP contribution < -0.4 is 4.74 Å². The summed E-state index contributed by atoms with van der Waals surface area (Å²) in [4.78, 5) is 13.5. The van der Waals surface area contributed by atoms with Crippen molar-refractivity contribution in [2.75, 3.05) is 6.61 Å².